The van der Waals surface area contributed by atoms with Crippen molar-refractivity contribution in [3.05, 3.63) is 33.4 Å². The van der Waals surface area contributed by atoms with Crippen LogP contribution in [0.1, 0.15) is 47.4 Å². The van der Waals surface area contributed by atoms with Gasteiger partial charge in [0, 0.05) is 46.1 Å². The molecule has 164 valence electrons. The maximum atomic E-state index is 12.8. The third-order valence-electron chi connectivity index (χ3n) is 5.92. The van der Waals surface area contributed by atoms with E-state index < -0.39 is 11.6 Å². The summed E-state index contributed by atoms with van der Waals surface area (Å²) < 4.78 is 5.50. The summed E-state index contributed by atoms with van der Waals surface area (Å²) in [6.45, 7) is 6.01. The molecule has 1 aromatic rings. The van der Waals surface area contributed by atoms with Crippen molar-refractivity contribution in [3.63, 3.8) is 0 Å². The average molecular weight is 420 g/mol. The minimum atomic E-state index is -0.833. The standard InChI is InChI=1S/C18H24N4O4.C2H4O2/c1-11-6-13(12-4-3-5-19-7-12)26-16(24)14(11)15(23)22-9-18(10-22)8-20-17(25)21(18)2;1-2(3)4/h6,12,19H,3-5,7-10H2,1-2H3,(H,20,25);1H3,(H,3,4). The van der Waals surface area contributed by atoms with Crippen molar-refractivity contribution in [2.75, 3.05) is 39.8 Å². The number of amides is 3. The first-order valence-corrected chi connectivity index (χ1v) is 10.0. The van der Waals surface area contributed by atoms with Gasteiger partial charge < -0.3 is 30.0 Å². The smallest absolute Gasteiger partial charge is 0.349 e. The lowest BCUT2D eigenvalue weighted by molar-refractivity contribution is -0.134. The fraction of sp³-hybridized carbons (Fsp3) is 0.600. The van der Waals surface area contributed by atoms with Gasteiger partial charge in [-0.2, -0.15) is 0 Å². The van der Waals surface area contributed by atoms with Crippen LogP contribution in [0.25, 0.3) is 0 Å². The third kappa shape index (κ3) is 4.18. The number of hydrogen-bond acceptors (Lipinski definition) is 6. The normalized spacial score (nSPS) is 22.1. The summed E-state index contributed by atoms with van der Waals surface area (Å²) in [5, 5.41) is 13.5. The topological polar surface area (TPSA) is 132 Å². The second-order valence-electron chi connectivity index (χ2n) is 8.16. The van der Waals surface area contributed by atoms with Crippen LogP contribution in [0, 0.1) is 6.92 Å². The molecule has 3 saturated heterocycles. The molecule has 3 N–H and O–H groups in total. The number of rotatable bonds is 2. The number of piperidine rings is 1. The molecule has 30 heavy (non-hydrogen) atoms. The number of hydrogen-bond donors (Lipinski definition) is 3. The highest BCUT2D eigenvalue weighted by atomic mass is 16.4. The van der Waals surface area contributed by atoms with Crippen LogP contribution in [0.5, 0.6) is 0 Å². The predicted octanol–water partition coefficient (Wildman–Crippen LogP) is 0.356. The van der Waals surface area contributed by atoms with Crippen LogP contribution in [0.3, 0.4) is 0 Å². The molecule has 1 spiro atoms. The molecule has 3 aliphatic heterocycles. The molecular weight excluding hydrogens is 392 g/mol. The number of urea groups is 1. The summed E-state index contributed by atoms with van der Waals surface area (Å²) in [6.07, 6.45) is 2.02. The van der Waals surface area contributed by atoms with E-state index in [1.165, 1.54) is 0 Å². The summed E-state index contributed by atoms with van der Waals surface area (Å²) in [5.41, 5.74) is -0.159. The van der Waals surface area contributed by atoms with Crippen LogP contribution in [0.15, 0.2) is 15.3 Å². The summed E-state index contributed by atoms with van der Waals surface area (Å²) in [4.78, 5) is 49.2. The molecule has 0 radical (unpaired) electrons. The Kier molecular flexibility index (Phi) is 6.16. The highest BCUT2D eigenvalue weighted by Gasteiger charge is 2.54. The zero-order chi connectivity index (χ0) is 22.1. The Morgan fingerprint density at radius 3 is 2.47 bits per heavy atom. The van der Waals surface area contributed by atoms with Gasteiger partial charge in [0.1, 0.15) is 11.3 Å². The molecule has 0 aliphatic carbocycles. The number of nitrogens with one attached hydrogen (secondary N) is 2. The van der Waals surface area contributed by atoms with Gasteiger partial charge in [0.25, 0.3) is 11.9 Å². The Morgan fingerprint density at radius 1 is 1.30 bits per heavy atom. The van der Waals surface area contributed by atoms with Crippen molar-refractivity contribution in [2.45, 2.75) is 38.1 Å². The van der Waals surface area contributed by atoms with Crippen molar-refractivity contribution in [1.82, 2.24) is 20.4 Å². The lowest BCUT2D eigenvalue weighted by Crippen LogP contribution is -2.70. The number of likely N-dealkylation sites (tertiary alicyclic amines) is 1. The molecule has 1 aromatic heterocycles. The highest BCUT2D eigenvalue weighted by molar-refractivity contribution is 5.96. The number of carboxylic acids is 1. The molecule has 3 fully saturated rings. The Bertz CT molecular complexity index is 895. The Morgan fingerprint density at radius 2 is 1.97 bits per heavy atom. The molecule has 0 saturated carbocycles. The highest BCUT2D eigenvalue weighted by Crippen LogP contribution is 2.31. The minimum absolute atomic E-state index is 0.104. The fourth-order valence-electron chi connectivity index (χ4n) is 4.17. The van der Waals surface area contributed by atoms with E-state index in [0.29, 0.717) is 31.0 Å². The average Bonchev–Trinajstić information content (AvgIpc) is 2.95. The molecule has 0 aromatic carbocycles. The van der Waals surface area contributed by atoms with Gasteiger partial charge in [0.15, 0.2) is 0 Å². The van der Waals surface area contributed by atoms with E-state index in [1.807, 2.05) is 6.07 Å². The molecule has 10 heteroatoms. The van der Waals surface area contributed by atoms with Crippen molar-refractivity contribution < 1.29 is 23.9 Å². The van der Waals surface area contributed by atoms with Gasteiger partial charge in [-0.25, -0.2) is 9.59 Å². The van der Waals surface area contributed by atoms with Crippen LogP contribution in [0.4, 0.5) is 4.79 Å². The largest absolute Gasteiger partial charge is 0.481 e. The van der Waals surface area contributed by atoms with E-state index in [4.69, 9.17) is 14.3 Å². The first kappa shape index (κ1) is 21.8. The van der Waals surface area contributed by atoms with E-state index in [9.17, 15) is 14.4 Å². The summed E-state index contributed by atoms with van der Waals surface area (Å²) in [6, 6.07) is 1.70. The van der Waals surface area contributed by atoms with E-state index in [0.717, 1.165) is 32.9 Å². The van der Waals surface area contributed by atoms with Crippen molar-refractivity contribution in [2.24, 2.45) is 0 Å². The summed E-state index contributed by atoms with van der Waals surface area (Å²) in [5.74, 6) is -0.319. The van der Waals surface area contributed by atoms with Crippen LogP contribution < -0.4 is 16.3 Å². The number of nitrogens with zero attached hydrogens (tertiary/aromatic N) is 2. The quantitative estimate of drug-likeness (QED) is 0.629. The lowest BCUT2D eigenvalue weighted by Gasteiger charge is -2.50. The number of carbonyl (C=O) groups is 3. The molecule has 4 heterocycles. The SMILES string of the molecule is CC(=O)O.Cc1cc(C2CCCNC2)oc(=O)c1C(=O)N1CC2(CNC(=O)N2C)C1. The lowest BCUT2D eigenvalue weighted by atomic mass is 9.88. The summed E-state index contributed by atoms with van der Waals surface area (Å²) >= 11 is 0. The number of carbonyl (C=O) groups excluding carboxylic acids is 2. The molecule has 1 unspecified atom stereocenters. The van der Waals surface area contributed by atoms with Crippen molar-refractivity contribution in [3.8, 4) is 0 Å². The number of aliphatic carboxylic acids is 1. The maximum Gasteiger partial charge on any atom is 0.349 e. The van der Waals surface area contributed by atoms with Gasteiger partial charge in [-0.05, 0) is 37.9 Å². The van der Waals surface area contributed by atoms with E-state index in [2.05, 4.69) is 10.6 Å². The zero-order valence-corrected chi connectivity index (χ0v) is 17.5. The zero-order valence-electron chi connectivity index (χ0n) is 17.5. The van der Waals surface area contributed by atoms with Crippen LogP contribution in [-0.2, 0) is 4.79 Å². The monoisotopic (exact) mass is 420 g/mol. The molecular formula is C20H28N4O6. The second kappa shape index (κ2) is 8.47. The number of aryl methyl sites for hydroxylation is 1. The molecule has 4 rings (SSSR count). The van der Waals surface area contributed by atoms with Gasteiger partial charge in [-0.3, -0.25) is 9.59 Å². The second-order valence-corrected chi connectivity index (χ2v) is 8.16. The van der Waals surface area contributed by atoms with E-state index in [-0.39, 0.29) is 29.0 Å². The summed E-state index contributed by atoms with van der Waals surface area (Å²) in [7, 11) is 1.73. The first-order chi connectivity index (χ1) is 14.1. The Labute approximate surface area is 174 Å². The van der Waals surface area contributed by atoms with Gasteiger partial charge in [0.05, 0.1) is 5.54 Å². The van der Waals surface area contributed by atoms with Gasteiger partial charge in [0.2, 0.25) is 0 Å². The number of carboxylic acid groups (broad SMARTS) is 1. The molecule has 0 bridgehead atoms. The van der Waals surface area contributed by atoms with Crippen LogP contribution in [0.2, 0.25) is 0 Å². The Balaban J connectivity index is 0.000000589. The van der Waals surface area contributed by atoms with Gasteiger partial charge in [-0.1, -0.05) is 0 Å². The van der Waals surface area contributed by atoms with E-state index >= 15 is 0 Å². The molecule has 3 amide bonds. The maximum absolute atomic E-state index is 12.8. The van der Waals surface area contributed by atoms with Gasteiger partial charge in [-0.15, -0.1) is 0 Å². The van der Waals surface area contributed by atoms with Crippen molar-refractivity contribution >= 4 is 17.9 Å². The van der Waals surface area contributed by atoms with Crippen LogP contribution >= 0.6 is 0 Å². The van der Waals surface area contributed by atoms with E-state index in [1.54, 1.807) is 23.8 Å². The molecule has 3 aliphatic rings. The molecule has 10 nitrogen and oxygen atoms in total. The first-order valence-electron chi connectivity index (χ1n) is 10.0. The van der Waals surface area contributed by atoms with Crippen LogP contribution in [-0.4, -0.2) is 78.1 Å². The third-order valence-corrected chi connectivity index (χ3v) is 5.92. The van der Waals surface area contributed by atoms with Crippen molar-refractivity contribution in [1.29, 1.82) is 0 Å². The number of likely N-dealkylation sites (N-methyl/N-ethyl adjacent to an activating group) is 1. The molecule has 1 atom stereocenters. The van der Waals surface area contributed by atoms with Gasteiger partial charge >= 0.3 is 11.7 Å². The Hall–Kier alpha value is -2.88. The fourth-order valence-corrected chi connectivity index (χ4v) is 4.17. The predicted molar refractivity (Wildman–Crippen MR) is 108 cm³/mol. The minimum Gasteiger partial charge on any atom is -0.481 e.